The quantitative estimate of drug-likeness (QED) is 0.00998. The molecule has 8 N–H and O–H groups in total. The highest BCUT2D eigenvalue weighted by molar-refractivity contribution is 5.96. The van der Waals surface area contributed by atoms with Gasteiger partial charge in [0.2, 0.25) is 0 Å². The molecule has 736 valence electrons. The Labute approximate surface area is 808 Å². The predicted octanol–water partition coefficient (Wildman–Crippen LogP) is 24.1. The van der Waals surface area contributed by atoms with Crippen molar-refractivity contribution >= 4 is 70.8 Å². The highest BCUT2D eigenvalue weighted by Crippen LogP contribution is 2.44. The summed E-state index contributed by atoms with van der Waals surface area (Å²) in [5, 5.41) is 24.5. The lowest BCUT2D eigenvalue weighted by Crippen LogP contribution is -2.45. The van der Waals surface area contributed by atoms with E-state index in [2.05, 4.69) is 70.2 Å². The number of carbonyl (C=O) groups excluding carboxylic acids is 8. The summed E-state index contributed by atoms with van der Waals surface area (Å²) < 4.78 is 51.1. The van der Waals surface area contributed by atoms with Crippen LogP contribution in [0.15, 0.2) is 170 Å². The van der Waals surface area contributed by atoms with Gasteiger partial charge in [0, 0.05) is 119 Å². The van der Waals surface area contributed by atoms with Gasteiger partial charge in [-0.05, 0) is 96.5 Å². The van der Waals surface area contributed by atoms with E-state index in [1.165, 1.54) is 54.1 Å². The summed E-state index contributed by atoms with van der Waals surface area (Å²) in [4.78, 5) is 116. The Morgan fingerprint density at radius 3 is 0.559 bits per heavy atom. The number of ether oxygens (including phenoxy) is 8. The van der Waals surface area contributed by atoms with E-state index in [4.69, 9.17) is 37.9 Å². The van der Waals surface area contributed by atoms with E-state index in [1.807, 2.05) is 170 Å². The highest BCUT2D eigenvalue weighted by atomic mass is 16.5. The highest BCUT2D eigenvalue weighted by Gasteiger charge is 2.31. The lowest BCUT2D eigenvalue weighted by atomic mass is 9.90. The molecule has 4 atom stereocenters. The van der Waals surface area contributed by atoms with Crippen LogP contribution in [0.4, 0.5) is 41.9 Å². The van der Waals surface area contributed by atoms with Gasteiger partial charge in [0.25, 0.3) is 0 Å². The minimum Gasteiger partial charge on any atom is -0.493 e. The summed E-state index contributed by atoms with van der Waals surface area (Å²) in [7, 11) is 5.14. The van der Waals surface area contributed by atoms with Gasteiger partial charge in [0.1, 0.15) is 47.2 Å². The molecule has 0 heterocycles. The number of carbonyl (C=O) groups is 8. The van der Waals surface area contributed by atoms with Crippen LogP contribution in [-0.2, 0) is 89.5 Å². The van der Waals surface area contributed by atoms with Crippen molar-refractivity contribution < 1.29 is 76.3 Å². The van der Waals surface area contributed by atoms with Gasteiger partial charge in [-0.25, -0.2) is 38.4 Å². The van der Waals surface area contributed by atoms with Crippen molar-refractivity contribution in [2.75, 3.05) is 76.1 Å². The van der Waals surface area contributed by atoms with Crippen LogP contribution in [0.1, 0.15) is 300 Å². The Balaban J connectivity index is 1.36. The summed E-state index contributed by atoms with van der Waals surface area (Å²) >= 11 is 0. The number of nitrogens with one attached hydrogen (secondary N) is 8. The third-order valence-electron chi connectivity index (χ3n) is 24.8. The summed E-state index contributed by atoms with van der Waals surface area (Å²) in [6.45, 7) is 9.98. The monoisotopic (exact) mass is 1870 g/mol. The Bertz CT molecular complexity index is 4240. The SMILES string of the molecule is CCCCCCCCCCOc1c2cc(NC(=O)NC(Cc3ccccc3)C(=O)OC)cc1Cc1cc(NC(=O)NC(Cc3ccccc3)C(=O)OC)cc(c1OCCCCCCCCCC)Cc1cc(NC(=O)NC(Cc3ccccc3)C(=O)OC)cc(c1OCCCCCCCCCC)Cc1cc(NC(=O)NC(Cc3ccccc3)C(=O)OC)cc(c1OCCCCCCCCCC)C2. The maximum Gasteiger partial charge on any atom is 0.328 e. The zero-order valence-electron chi connectivity index (χ0n) is 82.1. The molecule has 8 amide bonds. The minimum absolute atomic E-state index is 0.0176. The van der Waals surface area contributed by atoms with E-state index < -0.39 is 72.2 Å². The van der Waals surface area contributed by atoms with Crippen molar-refractivity contribution in [2.24, 2.45) is 0 Å². The van der Waals surface area contributed by atoms with Crippen molar-refractivity contribution in [3.8, 4) is 23.0 Å². The summed E-state index contributed by atoms with van der Waals surface area (Å²) in [5.41, 5.74) is 9.06. The molecule has 1 aliphatic carbocycles. The first-order valence-electron chi connectivity index (χ1n) is 50.3. The normalized spacial score (nSPS) is 12.4. The number of hydrogen-bond acceptors (Lipinski definition) is 16. The lowest BCUT2D eigenvalue weighted by Gasteiger charge is -2.25. The standard InChI is InChI=1S/C112H152N8O16/c1-9-13-17-21-25-29-33-49-61-133-101-85-69-87-75-94(114-110(126)118-98(106(122)130-6)66-82-55-43-38-44-56-82)77-89(102(87)134-62-50-34-30-26-22-18-14-10-2)71-91-79-96(116-112(128)120-100(108(124)132-8)68-84-59-47-40-48-60-84)80-92(104(91)136-64-52-36-32-28-24-20-16-12-4)72-90-78-95(115-111(127)119-99(107(123)131-7)67-83-57-45-39-46-58-83)76-88(103(90)135-63-51-35-31-27-23-19-15-11-3)70-86(101)74-93(73-85)113-109(125)117-97(105(121)129-5)65-81-53-41-37-42-54-81/h37-48,53-60,73-80,97-100H,9-36,49-52,61-72H2,1-8H3,(H2,113,117,125)(H2,114,118,126)(H2,115,119,127)(H2,116,120,128). The topological polar surface area (TPSA) is 307 Å². The van der Waals surface area contributed by atoms with Gasteiger partial charge in [0.15, 0.2) is 0 Å². The Morgan fingerprint density at radius 1 is 0.235 bits per heavy atom. The van der Waals surface area contributed by atoms with E-state index in [9.17, 15) is 19.2 Å². The van der Waals surface area contributed by atoms with Crippen molar-refractivity contribution in [1.82, 2.24) is 21.3 Å². The van der Waals surface area contributed by atoms with Crippen LogP contribution in [0.2, 0.25) is 0 Å². The summed E-state index contributed by atoms with van der Waals surface area (Å²) in [5.74, 6) is -0.702. The van der Waals surface area contributed by atoms with Crippen molar-refractivity contribution in [3.05, 3.63) is 237 Å². The van der Waals surface area contributed by atoms with E-state index in [0.717, 1.165) is 176 Å². The van der Waals surface area contributed by atoms with E-state index in [-0.39, 0.29) is 77.8 Å². The molecule has 0 radical (unpaired) electrons. The molecule has 0 spiro atoms. The molecule has 24 nitrogen and oxygen atoms in total. The Kier molecular flexibility index (Phi) is 48.9. The zero-order valence-corrected chi connectivity index (χ0v) is 82.1. The van der Waals surface area contributed by atoms with Crippen LogP contribution >= 0.6 is 0 Å². The summed E-state index contributed by atoms with van der Waals surface area (Å²) in [6, 6.07) is 45.1. The van der Waals surface area contributed by atoms with Crippen molar-refractivity contribution in [3.63, 3.8) is 0 Å². The lowest BCUT2D eigenvalue weighted by molar-refractivity contribution is -0.143. The van der Waals surface area contributed by atoms with Gasteiger partial charge in [0.05, 0.1) is 54.9 Å². The molecule has 0 saturated carbocycles. The average Bonchev–Trinajstić information content (AvgIpc) is 0.762. The molecule has 9 rings (SSSR count). The van der Waals surface area contributed by atoms with Crippen LogP contribution in [0.5, 0.6) is 23.0 Å². The first-order valence-corrected chi connectivity index (χ1v) is 50.3. The molecule has 24 heteroatoms. The number of amides is 8. The predicted molar refractivity (Wildman–Crippen MR) is 542 cm³/mol. The van der Waals surface area contributed by atoms with Crippen LogP contribution in [0, 0.1) is 0 Å². The first kappa shape index (κ1) is 108. The average molecular weight is 1870 g/mol. The van der Waals surface area contributed by atoms with Crippen molar-refractivity contribution in [2.45, 2.75) is 309 Å². The van der Waals surface area contributed by atoms with Crippen LogP contribution in [-0.4, -0.2) is 127 Å². The van der Waals surface area contributed by atoms with Gasteiger partial charge in [-0.3, -0.25) is 0 Å². The molecule has 0 aliphatic heterocycles. The Hall–Kier alpha value is -12.1. The van der Waals surface area contributed by atoms with Crippen LogP contribution < -0.4 is 61.5 Å². The second-order valence-electron chi connectivity index (χ2n) is 36.0. The smallest absolute Gasteiger partial charge is 0.328 e. The maximum absolute atomic E-state index is 15.2. The number of fused-ring (bicyclic) bond motifs is 8. The molecule has 136 heavy (non-hydrogen) atoms. The fourth-order valence-corrected chi connectivity index (χ4v) is 17.6. The third-order valence-corrected chi connectivity index (χ3v) is 24.8. The number of benzene rings is 8. The van der Waals surface area contributed by atoms with E-state index in [0.29, 0.717) is 116 Å². The van der Waals surface area contributed by atoms with Crippen molar-refractivity contribution in [1.29, 1.82) is 0 Å². The molecular formula is C112H152N8O16. The molecule has 0 aromatic heterocycles. The van der Waals surface area contributed by atoms with E-state index in [1.54, 1.807) is 0 Å². The fourth-order valence-electron chi connectivity index (χ4n) is 17.6. The number of unbranched alkanes of at least 4 members (excludes halogenated alkanes) is 28. The largest absolute Gasteiger partial charge is 0.493 e. The van der Waals surface area contributed by atoms with Crippen LogP contribution in [0.25, 0.3) is 0 Å². The van der Waals surface area contributed by atoms with Crippen LogP contribution in [0.3, 0.4) is 0 Å². The van der Waals surface area contributed by atoms with Gasteiger partial charge in [-0.2, -0.15) is 0 Å². The molecule has 0 fully saturated rings. The van der Waals surface area contributed by atoms with Gasteiger partial charge < -0.3 is 80.4 Å². The first-order chi connectivity index (χ1) is 66.4. The molecular weight excluding hydrogens is 1710 g/mol. The second kappa shape index (κ2) is 61.8. The second-order valence-corrected chi connectivity index (χ2v) is 36.0. The minimum atomic E-state index is -1.12. The Morgan fingerprint density at radius 2 is 0.397 bits per heavy atom. The maximum atomic E-state index is 15.2. The molecule has 8 aromatic carbocycles. The molecule has 8 aromatic rings. The van der Waals surface area contributed by atoms with Gasteiger partial charge in [-0.15, -0.1) is 0 Å². The molecule has 4 unspecified atom stereocenters. The van der Waals surface area contributed by atoms with Gasteiger partial charge in [-0.1, -0.05) is 329 Å². The number of rotatable bonds is 60. The number of methoxy groups -OCH3 is 4. The fraction of sp³-hybridized carbons (Fsp3) is 0.500. The third kappa shape index (κ3) is 38.2. The number of urea groups is 4. The summed E-state index contributed by atoms with van der Waals surface area (Å²) in [6.07, 6.45) is 33.5. The van der Waals surface area contributed by atoms with E-state index >= 15 is 19.2 Å². The number of anilines is 4. The molecule has 8 bridgehead atoms. The number of esters is 4. The van der Waals surface area contributed by atoms with Gasteiger partial charge >= 0.3 is 48.0 Å². The molecule has 0 saturated heterocycles. The molecule has 1 aliphatic rings. The number of hydrogen-bond donors (Lipinski definition) is 8. The zero-order chi connectivity index (χ0) is 96.7.